The van der Waals surface area contributed by atoms with Crippen LogP contribution >= 0.6 is 11.6 Å². The molecule has 0 bridgehead atoms. The maximum atomic E-state index is 6.52. The van der Waals surface area contributed by atoms with Gasteiger partial charge < -0.3 is 0 Å². The summed E-state index contributed by atoms with van der Waals surface area (Å²) in [5, 5.41) is 0. The average Bonchev–Trinajstić information content (AvgIpc) is 1.84. The third kappa shape index (κ3) is 2.97. The second-order valence-electron chi connectivity index (χ2n) is 5.03. The first-order chi connectivity index (χ1) is 5.23. The van der Waals surface area contributed by atoms with E-state index in [4.69, 9.17) is 11.6 Å². The molecule has 0 aromatic rings. The Balaban J connectivity index is 4.37. The Morgan fingerprint density at radius 3 is 1.83 bits per heavy atom. The first-order valence-corrected chi connectivity index (χ1v) is 5.29. The third-order valence-corrected chi connectivity index (χ3v) is 3.75. The van der Waals surface area contributed by atoms with Gasteiger partial charge in [0.2, 0.25) is 0 Å². The van der Waals surface area contributed by atoms with Gasteiger partial charge in [-0.15, -0.1) is 11.6 Å². The highest BCUT2D eigenvalue weighted by molar-refractivity contribution is 6.24. The van der Waals surface area contributed by atoms with Crippen molar-refractivity contribution in [1.29, 1.82) is 0 Å². The van der Waals surface area contributed by atoms with Gasteiger partial charge in [-0.3, -0.25) is 0 Å². The molecule has 0 N–H and O–H groups in total. The molecule has 0 aliphatic heterocycles. The highest BCUT2D eigenvalue weighted by atomic mass is 35.5. The summed E-state index contributed by atoms with van der Waals surface area (Å²) in [6.07, 6.45) is 2.23. The predicted molar refractivity (Wildman–Crippen MR) is 57.8 cm³/mol. The van der Waals surface area contributed by atoms with E-state index in [9.17, 15) is 0 Å². The van der Waals surface area contributed by atoms with Crippen LogP contribution in [0.25, 0.3) is 0 Å². The number of halogens is 1. The molecular formula is C11H23Cl. The maximum Gasteiger partial charge on any atom is 0.0471 e. The van der Waals surface area contributed by atoms with E-state index in [1.165, 1.54) is 0 Å². The monoisotopic (exact) mass is 190 g/mol. The molecule has 0 heterocycles. The van der Waals surface area contributed by atoms with Crippen LogP contribution in [0, 0.1) is 11.3 Å². The lowest BCUT2D eigenvalue weighted by Gasteiger charge is -2.40. The van der Waals surface area contributed by atoms with E-state index in [1.807, 2.05) is 0 Å². The van der Waals surface area contributed by atoms with Gasteiger partial charge in [0.1, 0.15) is 0 Å². The van der Waals surface area contributed by atoms with Crippen molar-refractivity contribution in [3.8, 4) is 0 Å². The Hall–Kier alpha value is 0.290. The van der Waals surface area contributed by atoms with Crippen LogP contribution in [-0.2, 0) is 0 Å². The van der Waals surface area contributed by atoms with Crippen LogP contribution in [-0.4, -0.2) is 4.87 Å². The molecule has 0 saturated heterocycles. The smallest absolute Gasteiger partial charge is 0.0471 e. The largest absolute Gasteiger partial charge is 0.119 e. The van der Waals surface area contributed by atoms with Gasteiger partial charge in [0.15, 0.2) is 0 Å². The van der Waals surface area contributed by atoms with Crippen molar-refractivity contribution in [1.82, 2.24) is 0 Å². The Kier molecular flexibility index (Phi) is 4.10. The fourth-order valence-electron chi connectivity index (χ4n) is 1.41. The molecule has 0 aromatic carbocycles. The molecule has 0 radical (unpaired) electrons. The molecule has 0 aliphatic rings. The van der Waals surface area contributed by atoms with Crippen LogP contribution in [0.2, 0.25) is 0 Å². The zero-order chi connectivity index (χ0) is 9.99. The Labute approximate surface area is 82.7 Å². The Bertz CT molecular complexity index is 134. The van der Waals surface area contributed by atoms with Gasteiger partial charge in [-0.05, 0) is 31.1 Å². The molecule has 0 spiro atoms. The lowest BCUT2D eigenvalue weighted by atomic mass is 9.73. The van der Waals surface area contributed by atoms with Crippen molar-refractivity contribution in [2.45, 2.75) is 59.3 Å². The van der Waals surface area contributed by atoms with E-state index in [1.54, 1.807) is 0 Å². The average molecular weight is 191 g/mol. The summed E-state index contributed by atoms with van der Waals surface area (Å²) in [5.41, 5.74) is 0.235. The predicted octanol–water partition coefficient (Wildman–Crippen LogP) is 4.47. The molecule has 0 saturated carbocycles. The van der Waals surface area contributed by atoms with Crippen LogP contribution in [0.4, 0.5) is 0 Å². The number of alkyl halides is 1. The van der Waals surface area contributed by atoms with Gasteiger partial charge in [0, 0.05) is 4.87 Å². The minimum absolute atomic E-state index is 0.0596. The normalized spacial score (nSPS) is 18.0. The summed E-state index contributed by atoms with van der Waals surface area (Å²) in [4.78, 5) is -0.0596. The van der Waals surface area contributed by atoms with Crippen LogP contribution in [0.5, 0.6) is 0 Å². The standard InChI is InChI=1S/C11H23Cl/c1-7-10(4,5)11(6,12)8-9(2)3/h9H,7-8H2,1-6H3. The van der Waals surface area contributed by atoms with Crippen molar-refractivity contribution in [3.63, 3.8) is 0 Å². The fraction of sp³-hybridized carbons (Fsp3) is 1.00. The molecule has 0 rings (SSSR count). The summed E-state index contributed by atoms with van der Waals surface area (Å²) in [6, 6.07) is 0. The van der Waals surface area contributed by atoms with E-state index < -0.39 is 0 Å². The Morgan fingerprint density at radius 2 is 1.58 bits per heavy atom. The molecule has 74 valence electrons. The first kappa shape index (κ1) is 12.3. The summed E-state index contributed by atoms with van der Waals surface area (Å²) in [7, 11) is 0. The van der Waals surface area contributed by atoms with Gasteiger partial charge >= 0.3 is 0 Å². The molecule has 0 nitrogen and oxygen atoms in total. The number of hydrogen-bond donors (Lipinski definition) is 0. The number of rotatable bonds is 4. The summed E-state index contributed by atoms with van der Waals surface area (Å²) >= 11 is 6.52. The van der Waals surface area contributed by atoms with Crippen molar-refractivity contribution < 1.29 is 0 Å². The van der Waals surface area contributed by atoms with E-state index in [0.29, 0.717) is 5.92 Å². The summed E-state index contributed by atoms with van der Waals surface area (Å²) in [5.74, 6) is 0.679. The van der Waals surface area contributed by atoms with Crippen molar-refractivity contribution in [2.75, 3.05) is 0 Å². The number of hydrogen-bond acceptors (Lipinski definition) is 0. The van der Waals surface area contributed by atoms with Crippen molar-refractivity contribution in [3.05, 3.63) is 0 Å². The second-order valence-corrected chi connectivity index (χ2v) is 5.87. The minimum atomic E-state index is -0.0596. The molecular weight excluding hydrogens is 168 g/mol. The zero-order valence-electron chi connectivity index (χ0n) is 9.37. The van der Waals surface area contributed by atoms with Crippen LogP contribution in [0.3, 0.4) is 0 Å². The summed E-state index contributed by atoms with van der Waals surface area (Å²) < 4.78 is 0. The van der Waals surface area contributed by atoms with Gasteiger partial charge in [0.25, 0.3) is 0 Å². The van der Waals surface area contributed by atoms with Crippen LogP contribution < -0.4 is 0 Å². The highest BCUT2D eigenvalue weighted by Crippen LogP contribution is 2.43. The van der Waals surface area contributed by atoms with E-state index in [2.05, 4.69) is 41.5 Å². The van der Waals surface area contributed by atoms with Crippen LogP contribution in [0.15, 0.2) is 0 Å². The molecule has 1 atom stereocenters. The molecule has 1 unspecified atom stereocenters. The van der Waals surface area contributed by atoms with E-state index in [-0.39, 0.29) is 10.3 Å². The highest BCUT2D eigenvalue weighted by Gasteiger charge is 2.37. The molecule has 12 heavy (non-hydrogen) atoms. The fourth-order valence-corrected chi connectivity index (χ4v) is 1.85. The van der Waals surface area contributed by atoms with Gasteiger partial charge in [-0.2, -0.15) is 0 Å². The first-order valence-electron chi connectivity index (χ1n) is 4.92. The summed E-state index contributed by atoms with van der Waals surface area (Å²) in [6.45, 7) is 13.3. The van der Waals surface area contributed by atoms with Crippen LogP contribution in [0.1, 0.15) is 54.4 Å². The minimum Gasteiger partial charge on any atom is -0.119 e. The molecule has 0 aromatic heterocycles. The van der Waals surface area contributed by atoms with Gasteiger partial charge in [-0.1, -0.05) is 34.6 Å². The maximum absolute atomic E-state index is 6.52. The lowest BCUT2D eigenvalue weighted by Crippen LogP contribution is -2.37. The van der Waals surface area contributed by atoms with E-state index in [0.717, 1.165) is 12.8 Å². The van der Waals surface area contributed by atoms with Crippen molar-refractivity contribution >= 4 is 11.6 Å². The lowest BCUT2D eigenvalue weighted by molar-refractivity contribution is 0.218. The Morgan fingerprint density at radius 1 is 1.17 bits per heavy atom. The zero-order valence-corrected chi connectivity index (χ0v) is 10.1. The van der Waals surface area contributed by atoms with E-state index >= 15 is 0 Å². The molecule has 0 amide bonds. The molecule has 1 heteroatoms. The second kappa shape index (κ2) is 4.00. The van der Waals surface area contributed by atoms with Gasteiger partial charge in [0.05, 0.1) is 0 Å². The van der Waals surface area contributed by atoms with Crippen molar-refractivity contribution in [2.24, 2.45) is 11.3 Å². The SMILES string of the molecule is CCC(C)(C)C(C)(Cl)CC(C)C. The molecule has 0 fully saturated rings. The molecule has 0 aliphatic carbocycles. The third-order valence-electron chi connectivity index (χ3n) is 3.09. The van der Waals surface area contributed by atoms with Gasteiger partial charge in [-0.25, -0.2) is 0 Å². The topological polar surface area (TPSA) is 0 Å². The quantitative estimate of drug-likeness (QED) is 0.574.